The predicted octanol–water partition coefficient (Wildman–Crippen LogP) is 2.68. The van der Waals surface area contributed by atoms with E-state index < -0.39 is 6.04 Å². The highest BCUT2D eigenvalue weighted by molar-refractivity contribution is 6.22. The van der Waals surface area contributed by atoms with Gasteiger partial charge in [-0.2, -0.15) is 0 Å². The van der Waals surface area contributed by atoms with Crippen molar-refractivity contribution in [2.75, 3.05) is 12.0 Å². The van der Waals surface area contributed by atoms with Crippen LogP contribution in [0.3, 0.4) is 0 Å². The fraction of sp³-hybridized carbons (Fsp3) is 0.300. The van der Waals surface area contributed by atoms with Crippen molar-refractivity contribution in [3.05, 3.63) is 59.7 Å². The Morgan fingerprint density at radius 3 is 2.28 bits per heavy atom. The van der Waals surface area contributed by atoms with Gasteiger partial charge in [-0.25, -0.2) is 4.90 Å². The maximum Gasteiger partial charge on any atom is 0.251 e. The van der Waals surface area contributed by atoms with Gasteiger partial charge in [0.05, 0.1) is 25.3 Å². The van der Waals surface area contributed by atoms with Gasteiger partial charge in [-0.1, -0.05) is 31.2 Å². The molecule has 0 bridgehead atoms. The van der Waals surface area contributed by atoms with Crippen LogP contribution in [0.5, 0.6) is 5.75 Å². The molecule has 1 aliphatic heterocycles. The molecule has 0 aliphatic carbocycles. The van der Waals surface area contributed by atoms with E-state index >= 15 is 0 Å². The summed E-state index contributed by atoms with van der Waals surface area (Å²) in [5, 5.41) is 3.18. The van der Waals surface area contributed by atoms with Gasteiger partial charge in [0.15, 0.2) is 0 Å². The number of aryl methyl sites for hydroxylation is 1. The summed E-state index contributed by atoms with van der Waals surface area (Å²) >= 11 is 0. The van der Waals surface area contributed by atoms with Gasteiger partial charge in [0, 0.05) is 6.54 Å². The molecule has 0 aromatic heterocycles. The number of carbonyl (C=O) groups excluding carboxylic acids is 2. The Bertz CT molecular complexity index is 754. The van der Waals surface area contributed by atoms with Crippen LogP contribution in [0, 0.1) is 0 Å². The topological polar surface area (TPSA) is 58.6 Å². The molecule has 0 saturated carbocycles. The lowest BCUT2D eigenvalue weighted by Crippen LogP contribution is -2.38. The van der Waals surface area contributed by atoms with Crippen molar-refractivity contribution in [1.29, 1.82) is 0 Å². The quantitative estimate of drug-likeness (QED) is 0.823. The number of anilines is 1. The third kappa shape index (κ3) is 3.72. The van der Waals surface area contributed by atoms with Gasteiger partial charge >= 0.3 is 0 Å². The van der Waals surface area contributed by atoms with Crippen molar-refractivity contribution < 1.29 is 14.3 Å². The van der Waals surface area contributed by atoms with E-state index in [2.05, 4.69) is 12.2 Å². The van der Waals surface area contributed by atoms with Crippen LogP contribution in [0.15, 0.2) is 48.5 Å². The molecule has 2 amide bonds. The molecule has 1 atom stereocenters. The minimum absolute atomic E-state index is 0.165. The van der Waals surface area contributed by atoms with Gasteiger partial charge in [-0.05, 0) is 41.8 Å². The van der Waals surface area contributed by atoms with Crippen LogP contribution in [-0.4, -0.2) is 25.0 Å². The third-order valence-electron chi connectivity index (χ3n) is 4.46. The summed E-state index contributed by atoms with van der Waals surface area (Å²) in [4.78, 5) is 26.2. The SMILES string of the molecule is CCc1ccc(N2C(=O)C[C@@H](NCc3ccc(OC)cc3)C2=O)cc1. The van der Waals surface area contributed by atoms with Crippen LogP contribution < -0.4 is 15.0 Å². The average molecular weight is 338 g/mol. The molecule has 2 aromatic rings. The van der Waals surface area contributed by atoms with Crippen LogP contribution in [-0.2, 0) is 22.6 Å². The van der Waals surface area contributed by atoms with Gasteiger partial charge in [-0.15, -0.1) is 0 Å². The number of hydrogen-bond acceptors (Lipinski definition) is 4. The number of nitrogens with one attached hydrogen (secondary N) is 1. The molecule has 1 fully saturated rings. The molecule has 1 heterocycles. The molecule has 0 radical (unpaired) electrons. The smallest absolute Gasteiger partial charge is 0.251 e. The Labute approximate surface area is 147 Å². The highest BCUT2D eigenvalue weighted by Gasteiger charge is 2.39. The number of methoxy groups -OCH3 is 1. The summed E-state index contributed by atoms with van der Waals surface area (Å²) in [5.74, 6) is 0.432. The Morgan fingerprint density at radius 1 is 1.04 bits per heavy atom. The molecule has 25 heavy (non-hydrogen) atoms. The van der Waals surface area contributed by atoms with E-state index in [1.54, 1.807) is 7.11 Å². The fourth-order valence-electron chi connectivity index (χ4n) is 2.93. The van der Waals surface area contributed by atoms with Crippen molar-refractivity contribution >= 4 is 17.5 Å². The second-order valence-electron chi connectivity index (χ2n) is 6.07. The lowest BCUT2D eigenvalue weighted by molar-refractivity contribution is -0.121. The lowest BCUT2D eigenvalue weighted by Gasteiger charge is -2.16. The van der Waals surface area contributed by atoms with E-state index in [-0.39, 0.29) is 18.2 Å². The minimum atomic E-state index is -0.486. The number of ether oxygens (including phenoxy) is 1. The fourth-order valence-corrected chi connectivity index (χ4v) is 2.93. The van der Waals surface area contributed by atoms with Crippen LogP contribution in [0.4, 0.5) is 5.69 Å². The first-order valence-electron chi connectivity index (χ1n) is 8.44. The molecular weight excluding hydrogens is 316 g/mol. The zero-order valence-corrected chi connectivity index (χ0v) is 14.5. The largest absolute Gasteiger partial charge is 0.497 e. The molecule has 1 N–H and O–H groups in total. The monoisotopic (exact) mass is 338 g/mol. The highest BCUT2D eigenvalue weighted by Crippen LogP contribution is 2.23. The van der Waals surface area contributed by atoms with Crippen molar-refractivity contribution in [3.8, 4) is 5.75 Å². The summed E-state index contributed by atoms with van der Waals surface area (Å²) in [7, 11) is 1.62. The summed E-state index contributed by atoms with van der Waals surface area (Å²) < 4.78 is 5.13. The standard InChI is InChI=1S/C20H22N2O3/c1-3-14-4-8-16(9-5-14)22-19(23)12-18(20(22)24)21-13-15-6-10-17(25-2)11-7-15/h4-11,18,21H,3,12-13H2,1-2H3/t18-/m1/s1. The van der Waals surface area contributed by atoms with Crippen molar-refractivity contribution in [2.45, 2.75) is 32.4 Å². The zero-order chi connectivity index (χ0) is 17.8. The zero-order valence-electron chi connectivity index (χ0n) is 14.5. The predicted molar refractivity (Wildman–Crippen MR) is 96.6 cm³/mol. The number of amides is 2. The molecule has 0 unspecified atom stereocenters. The first kappa shape index (κ1) is 17.2. The summed E-state index contributed by atoms with van der Waals surface area (Å²) in [6, 6.07) is 14.7. The molecular formula is C20H22N2O3. The molecule has 1 saturated heterocycles. The van der Waals surface area contributed by atoms with Gasteiger partial charge in [0.25, 0.3) is 5.91 Å². The summed E-state index contributed by atoms with van der Waals surface area (Å²) in [5.41, 5.74) is 2.85. The molecule has 3 rings (SSSR count). The minimum Gasteiger partial charge on any atom is -0.497 e. The lowest BCUT2D eigenvalue weighted by atomic mass is 10.1. The molecule has 5 heteroatoms. The first-order chi connectivity index (χ1) is 12.1. The van der Waals surface area contributed by atoms with Crippen molar-refractivity contribution in [2.24, 2.45) is 0 Å². The number of nitrogens with zero attached hydrogens (tertiary/aromatic N) is 1. The van der Waals surface area contributed by atoms with Gasteiger partial charge in [-0.3, -0.25) is 9.59 Å². The van der Waals surface area contributed by atoms with Gasteiger partial charge in [0.1, 0.15) is 5.75 Å². The Morgan fingerprint density at radius 2 is 1.68 bits per heavy atom. The van der Waals surface area contributed by atoms with Crippen LogP contribution in [0.1, 0.15) is 24.5 Å². The number of imide groups is 1. The summed E-state index contributed by atoms with van der Waals surface area (Å²) in [6.45, 7) is 2.59. The number of carbonyl (C=O) groups is 2. The first-order valence-corrected chi connectivity index (χ1v) is 8.44. The van der Waals surface area contributed by atoms with E-state index in [1.807, 2.05) is 48.5 Å². The number of rotatable bonds is 6. The molecule has 5 nitrogen and oxygen atoms in total. The molecule has 1 aliphatic rings. The van der Waals surface area contributed by atoms with E-state index in [4.69, 9.17) is 4.74 Å². The van der Waals surface area contributed by atoms with E-state index in [9.17, 15) is 9.59 Å². The summed E-state index contributed by atoms with van der Waals surface area (Å²) in [6.07, 6.45) is 1.11. The van der Waals surface area contributed by atoms with Gasteiger partial charge in [0.2, 0.25) is 5.91 Å². The van der Waals surface area contributed by atoms with Crippen LogP contribution in [0.25, 0.3) is 0 Å². The maximum atomic E-state index is 12.6. The highest BCUT2D eigenvalue weighted by atomic mass is 16.5. The Balaban J connectivity index is 1.65. The number of benzene rings is 2. The normalized spacial score (nSPS) is 17.2. The maximum absolute atomic E-state index is 12.6. The van der Waals surface area contributed by atoms with E-state index in [0.29, 0.717) is 12.2 Å². The van der Waals surface area contributed by atoms with Crippen LogP contribution in [0.2, 0.25) is 0 Å². The molecule has 130 valence electrons. The van der Waals surface area contributed by atoms with Crippen molar-refractivity contribution in [3.63, 3.8) is 0 Å². The molecule has 0 spiro atoms. The Hall–Kier alpha value is -2.66. The second-order valence-corrected chi connectivity index (χ2v) is 6.07. The number of hydrogen-bond donors (Lipinski definition) is 1. The average Bonchev–Trinajstić information content (AvgIpc) is 2.94. The van der Waals surface area contributed by atoms with E-state index in [1.165, 1.54) is 10.5 Å². The van der Waals surface area contributed by atoms with Crippen LogP contribution >= 0.6 is 0 Å². The third-order valence-corrected chi connectivity index (χ3v) is 4.46. The molecule has 2 aromatic carbocycles. The van der Waals surface area contributed by atoms with E-state index in [0.717, 1.165) is 17.7 Å². The Kier molecular flexibility index (Phi) is 5.14. The second kappa shape index (κ2) is 7.49. The van der Waals surface area contributed by atoms with Crippen molar-refractivity contribution in [1.82, 2.24) is 5.32 Å². The van der Waals surface area contributed by atoms with Gasteiger partial charge < -0.3 is 10.1 Å².